The van der Waals surface area contributed by atoms with Gasteiger partial charge in [0.15, 0.2) is 0 Å². The molecule has 0 unspecified atom stereocenters. The van der Waals surface area contributed by atoms with Crippen molar-refractivity contribution in [3.8, 4) is 0 Å². The third-order valence-corrected chi connectivity index (χ3v) is 2.40. The van der Waals surface area contributed by atoms with E-state index >= 15 is 0 Å². The zero-order valence-corrected chi connectivity index (χ0v) is 8.57. The van der Waals surface area contributed by atoms with E-state index in [9.17, 15) is 0 Å². The molecule has 2 nitrogen and oxygen atoms in total. The van der Waals surface area contributed by atoms with E-state index in [0.717, 1.165) is 6.54 Å². The van der Waals surface area contributed by atoms with E-state index in [4.69, 9.17) is 0 Å². The Kier molecular flexibility index (Phi) is 2.35. The molecule has 0 saturated carbocycles. The summed E-state index contributed by atoms with van der Waals surface area (Å²) in [6.45, 7) is 5.12. The Bertz CT molecular complexity index is 416. The van der Waals surface area contributed by atoms with Crippen LogP contribution < -0.4 is 0 Å². The summed E-state index contributed by atoms with van der Waals surface area (Å²) >= 11 is 0. The van der Waals surface area contributed by atoms with Crippen LogP contribution in [0.15, 0.2) is 36.7 Å². The van der Waals surface area contributed by atoms with E-state index in [1.54, 1.807) is 0 Å². The molecule has 0 fully saturated rings. The van der Waals surface area contributed by atoms with Crippen LogP contribution in [0.3, 0.4) is 0 Å². The average molecular weight is 186 g/mol. The summed E-state index contributed by atoms with van der Waals surface area (Å²) < 4.78 is 1.95. The monoisotopic (exact) mass is 186 g/mol. The molecular formula is C12H14N2. The van der Waals surface area contributed by atoms with Crippen molar-refractivity contribution in [2.75, 3.05) is 0 Å². The van der Waals surface area contributed by atoms with Crippen LogP contribution in [0.4, 0.5) is 0 Å². The highest BCUT2D eigenvalue weighted by Crippen LogP contribution is 2.11. The molecule has 2 heteroatoms. The van der Waals surface area contributed by atoms with Gasteiger partial charge in [0.05, 0.1) is 6.54 Å². The highest BCUT2D eigenvalue weighted by molar-refractivity contribution is 5.30. The molecule has 0 radical (unpaired) electrons. The van der Waals surface area contributed by atoms with Crippen LogP contribution in [0.5, 0.6) is 0 Å². The predicted octanol–water partition coefficient (Wildman–Crippen LogP) is 2.55. The van der Waals surface area contributed by atoms with Gasteiger partial charge in [0.2, 0.25) is 0 Å². The van der Waals surface area contributed by atoms with Crippen molar-refractivity contribution in [1.82, 2.24) is 9.78 Å². The maximum Gasteiger partial charge on any atom is 0.0662 e. The van der Waals surface area contributed by atoms with Crippen LogP contribution in [0.2, 0.25) is 0 Å². The number of aromatic nitrogens is 2. The molecule has 2 rings (SSSR count). The zero-order valence-electron chi connectivity index (χ0n) is 8.57. The molecule has 2 aromatic rings. The van der Waals surface area contributed by atoms with Crippen LogP contribution >= 0.6 is 0 Å². The summed E-state index contributed by atoms with van der Waals surface area (Å²) in [5.74, 6) is 0. The summed E-state index contributed by atoms with van der Waals surface area (Å²) in [4.78, 5) is 0. The van der Waals surface area contributed by atoms with E-state index in [1.165, 1.54) is 16.7 Å². The second-order valence-corrected chi connectivity index (χ2v) is 3.63. The molecule has 1 heterocycles. The lowest BCUT2D eigenvalue weighted by Crippen LogP contribution is -2.01. The topological polar surface area (TPSA) is 17.8 Å². The third-order valence-electron chi connectivity index (χ3n) is 2.40. The van der Waals surface area contributed by atoms with Crippen LogP contribution in [0.1, 0.15) is 16.7 Å². The standard InChI is InChI=1S/C12H14N2/c1-10-4-5-11(2)12(8-10)9-14-7-3-6-13-14/h3-8H,9H2,1-2H3. The number of hydrogen-bond acceptors (Lipinski definition) is 1. The van der Waals surface area contributed by atoms with Gasteiger partial charge in [-0.15, -0.1) is 0 Å². The molecular weight excluding hydrogens is 172 g/mol. The van der Waals surface area contributed by atoms with Crippen LogP contribution in [-0.2, 0) is 6.54 Å². The molecule has 0 aliphatic carbocycles. The lowest BCUT2D eigenvalue weighted by atomic mass is 10.1. The highest BCUT2D eigenvalue weighted by atomic mass is 15.3. The first-order chi connectivity index (χ1) is 6.75. The van der Waals surface area contributed by atoms with Crippen LogP contribution in [-0.4, -0.2) is 9.78 Å². The molecule has 14 heavy (non-hydrogen) atoms. The first-order valence-electron chi connectivity index (χ1n) is 4.79. The Morgan fingerprint density at radius 3 is 2.86 bits per heavy atom. The molecule has 1 aromatic heterocycles. The fraction of sp³-hybridized carbons (Fsp3) is 0.250. The quantitative estimate of drug-likeness (QED) is 0.704. The smallest absolute Gasteiger partial charge is 0.0662 e. The van der Waals surface area contributed by atoms with Gasteiger partial charge in [-0.1, -0.05) is 23.8 Å². The van der Waals surface area contributed by atoms with Gasteiger partial charge in [-0.3, -0.25) is 4.68 Å². The third kappa shape index (κ3) is 1.84. The van der Waals surface area contributed by atoms with Crippen molar-refractivity contribution >= 4 is 0 Å². The van der Waals surface area contributed by atoms with Crippen molar-refractivity contribution in [1.29, 1.82) is 0 Å². The molecule has 0 spiro atoms. The minimum atomic E-state index is 0.862. The molecule has 0 atom stereocenters. The van der Waals surface area contributed by atoms with Crippen molar-refractivity contribution in [2.45, 2.75) is 20.4 Å². The van der Waals surface area contributed by atoms with Gasteiger partial charge in [-0.05, 0) is 31.0 Å². The fourth-order valence-corrected chi connectivity index (χ4v) is 1.54. The van der Waals surface area contributed by atoms with Crippen molar-refractivity contribution < 1.29 is 0 Å². The molecule has 0 aliphatic rings. The Morgan fingerprint density at radius 2 is 2.14 bits per heavy atom. The van der Waals surface area contributed by atoms with Crippen LogP contribution in [0, 0.1) is 13.8 Å². The van der Waals surface area contributed by atoms with Gasteiger partial charge in [-0.25, -0.2) is 0 Å². The van der Waals surface area contributed by atoms with Gasteiger partial charge in [0.25, 0.3) is 0 Å². The molecule has 0 bridgehead atoms. The normalized spacial score (nSPS) is 10.4. The Balaban J connectivity index is 2.28. The van der Waals surface area contributed by atoms with E-state index < -0.39 is 0 Å². The zero-order chi connectivity index (χ0) is 9.97. The molecule has 0 amide bonds. The van der Waals surface area contributed by atoms with E-state index in [2.05, 4.69) is 37.1 Å². The number of rotatable bonds is 2. The maximum atomic E-state index is 4.20. The minimum absolute atomic E-state index is 0.862. The first-order valence-corrected chi connectivity index (χ1v) is 4.79. The number of nitrogens with zero attached hydrogens (tertiary/aromatic N) is 2. The van der Waals surface area contributed by atoms with Crippen LogP contribution in [0.25, 0.3) is 0 Å². The lowest BCUT2D eigenvalue weighted by molar-refractivity contribution is 0.683. The summed E-state index contributed by atoms with van der Waals surface area (Å²) in [5.41, 5.74) is 3.97. The molecule has 0 aliphatic heterocycles. The average Bonchev–Trinajstić information content (AvgIpc) is 2.64. The summed E-state index contributed by atoms with van der Waals surface area (Å²) in [6, 6.07) is 8.47. The van der Waals surface area contributed by atoms with Crippen molar-refractivity contribution in [2.24, 2.45) is 0 Å². The molecule has 72 valence electrons. The van der Waals surface area contributed by atoms with Crippen molar-refractivity contribution in [3.63, 3.8) is 0 Å². The largest absolute Gasteiger partial charge is 0.268 e. The summed E-state index contributed by atoms with van der Waals surface area (Å²) in [5, 5.41) is 4.20. The summed E-state index contributed by atoms with van der Waals surface area (Å²) in [7, 11) is 0. The fourth-order valence-electron chi connectivity index (χ4n) is 1.54. The number of aryl methyl sites for hydroxylation is 2. The maximum absolute atomic E-state index is 4.20. The second kappa shape index (κ2) is 3.66. The first kappa shape index (κ1) is 9.00. The Labute approximate surface area is 84.2 Å². The Morgan fingerprint density at radius 1 is 1.29 bits per heavy atom. The minimum Gasteiger partial charge on any atom is -0.268 e. The molecule has 0 N–H and O–H groups in total. The second-order valence-electron chi connectivity index (χ2n) is 3.63. The lowest BCUT2D eigenvalue weighted by Gasteiger charge is -2.06. The number of hydrogen-bond donors (Lipinski definition) is 0. The van der Waals surface area contributed by atoms with Gasteiger partial charge in [-0.2, -0.15) is 5.10 Å². The molecule has 1 aromatic carbocycles. The highest BCUT2D eigenvalue weighted by Gasteiger charge is 1.99. The van der Waals surface area contributed by atoms with E-state index in [0.29, 0.717) is 0 Å². The van der Waals surface area contributed by atoms with Crippen molar-refractivity contribution in [3.05, 3.63) is 53.3 Å². The number of benzene rings is 1. The SMILES string of the molecule is Cc1ccc(C)c(Cn2cccn2)c1. The Hall–Kier alpha value is -1.57. The van der Waals surface area contributed by atoms with E-state index in [1.807, 2.05) is 23.1 Å². The predicted molar refractivity (Wildman–Crippen MR) is 57.2 cm³/mol. The summed E-state index contributed by atoms with van der Waals surface area (Å²) in [6.07, 6.45) is 3.80. The van der Waals surface area contributed by atoms with E-state index in [-0.39, 0.29) is 0 Å². The van der Waals surface area contributed by atoms with Gasteiger partial charge in [0, 0.05) is 12.4 Å². The molecule has 0 saturated heterocycles. The van der Waals surface area contributed by atoms with Gasteiger partial charge >= 0.3 is 0 Å². The van der Waals surface area contributed by atoms with Gasteiger partial charge in [0.1, 0.15) is 0 Å². The van der Waals surface area contributed by atoms with Gasteiger partial charge < -0.3 is 0 Å².